The maximum atomic E-state index is 6.24. The standard InChI is InChI=1S/C13H20BrNS/c1-9-8-12(16-13(9)14)11(15)7-6-10-4-2-3-5-10/h8,10-11H,2-7,15H2,1H3. The van der Waals surface area contributed by atoms with Crippen LogP contribution in [0.4, 0.5) is 0 Å². The van der Waals surface area contributed by atoms with Gasteiger partial charge in [0.05, 0.1) is 3.79 Å². The lowest BCUT2D eigenvalue weighted by Gasteiger charge is -2.13. The first-order valence-electron chi connectivity index (χ1n) is 6.18. The third-order valence-electron chi connectivity index (χ3n) is 3.60. The van der Waals surface area contributed by atoms with Gasteiger partial charge >= 0.3 is 0 Å². The number of aryl methyl sites for hydroxylation is 1. The van der Waals surface area contributed by atoms with E-state index in [1.807, 2.05) is 0 Å². The highest BCUT2D eigenvalue weighted by Gasteiger charge is 2.17. The lowest BCUT2D eigenvalue weighted by atomic mass is 9.98. The third kappa shape index (κ3) is 3.08. The fourth-order valence-corrected chi connectivity index (χ4v) is 4.13. The van der Waals surface area contributed by atoms with Crippen molar-refractivity contribution in [3.63, 3.8) is 0 Å². The van der Waals surface area contributed by atoms with Crippen molar-refractivity contribution in [3.8, 4) is 0 Å². The molecular weight excluding hydrogens is 282 g/mol. The quantitative estimate of drug-likeness (QED) is 0.850. The summed E-state index contributed by atoms with van der Waals surface area (Å²) in [6.07, 6.45) is 8.19. The summed E-state index contributed by atoms with van der Waals surface area (Å²) < 4.78 is 1.24. The van der Waals surface area contributed by atoms with E-state index >= 15 is 0 Å². The van der Waals surface area contributed by atoms with Gasteiger partial charge in [-0.3, -0.25) is 0 Å². The summed E-state index contributed by atoms with van der Waals surface area (Å²) in [7, 11) is 0. The van der Waals surface area contributed by atoms with Gasteiger partial charge in [0.25, 0.3) is 0 Å². The SMILES string of the molecule is Cc1cc(C(N)CCC2CCCC2)sc1Br. The summed E-state index contributed by atoms with van der Waals surface area (Å²) in [6.45, 7) is 2.13. The number of hydrogen-bond donors (Lipinski definition) is 1. The fraction of sp³-hybridized carbons (Fsp3) is 0.692. The van der Waals surface area contributed by atoms with Crippen molar-refractivity contribution in [1.82, 2.24) is 0 Å². The summed E-state index contributed by atoms with van der Waals surface area (Å²) in [5.74, 6) is 0.954. The van der Waals surface area contributed by atoms with Crippen LogP contribution in [0, 0.1) is 12.8 Å². The molecule has 1 atom stereocenters. The summed E-state index contributed by atoms with van der Waals surface area (Å²) in [6, 6.07) is 2.48. The van der Waals surface area contributed by atoms with E-state index in [0.717, 1.165) is 12.3 Å². The van der Waals surface area contributed by atoms with Crippen molar-refractivity contribution < 1.29 is 0 Å². The molecule has 0 radical (unpaired) electrons. The number of nitrogens with two attached hydrogens (primary N) is 1. The molecule has 2 N–H and O–H groups in total. The molecule has 1 fully saturated rings. The maximum absolute atomic E-state index is 6.24. The Labute approximate surface area is 111 Å². The molecule has 0 bridgehead atoms. The monoisotopic (exact) mass is 301 g/mol. The molecule has 0 aliphatic heterocycles. The second kappa shape index (κ2) is 5.65. The Morgan fingerprint density at radius 2 is 2.19 bits per heavy atom. The second-order valence-electron chi connectivity index (χ2n) is 4.94. The molecule has 1 aromatic heterocycles. The molecule has 1 heterocycles. The molecule has 1 unspecified atom stereocenters. The van der Waals surface area contributed by atoms with Crippen LogP contribution in [0.25, 0.3) is 0 Å². The highest BCUT2D eigenvalue weighted by atomic mass is 79.9. The van der Waals surface area contributed by atoms with Crippen LogP contribution < -0.4 is 5.73 Å². The molecule has 1 aliphatic rings. The van der Waals surface area contributed by atoms with E-state index < -0.39 is 0 Å². The first-order chi connectivity index (χ1) is 7.66. The van der Waals surface area contributed by atoms with Crippen LogP contribution in [0.2, 0.25) is 0 Å². The van der Waals surface area contributed by atoms with Crippen LogP contribution >= 0.6 is 27.3 Å². The smallest absolute Gasteiger partial charge is 0.0731 e. The number of hydrogen-bond acceptors (Lipinski definition) is 2. The molecule has 1 aromatic rings. The van der Waals surface area contributed by atoms with E-state index in [1.165, 1.54) is 46.3 Å². The molecule has 0 aromatic carbocycles. The normalized spacial score (nSPS) is 19.2. The van der Waals surface area contributed by atoms with Crippen molar-refractivity contribution in [3.05, 3.63) is 20.3 Å². The second-order valence-corrected chi connectivity index (χ2v) is 7.34. The third-order valence-corrected chi connectivity index (χ3v) is 5.87. The van der Waals surface area contributed by atoms with Gasteiger partial charge in [-0.1, -0.05) is 25.7 Å². The van der Waals surface area contributed by atoms with Crippen molar-refractivity contribution in [2.45, 2.75) is 51.5 Å². The van der Waals surface area contributed by atoms with Gasteiger partial charge in [0, 0.05) is 10.9 Å². The Morgan fingerprint density at radius 3 is 2.75 bits per heavy atom. The van der Waals surface area contributed by atoms with Crippen molar-refractivity contribution >= 4 is 27.3 Å². The zero-order valence-electron chi connectivity index (χ0n) is 9.84. The summed E-state index contributed by atoms with van der Waals surface area (Å²) in [5.41, 5.74) is 7.56. The molecule has 0 spiro atoms. The Bertz CT molecular complexity index is 322. The zero-order chi connectivity index (χ0) is 11.5. The Hall–Kier alpha value is 0.140. The van der Waals surface area contributed by atoms with Crippen LogP contribution in [-0.2, 0) is 0 Å². The predicted octanol–water partition coefficient (Wildman–Crippen LogP) is 4.79. The minimum absolute atomic E-state index is 0.246. The van der Waals surface area contributed by atoms with Crippen molar-refractivity contribution in [2.24, 2.45) is 11.7 Å². The van der Waals surface area contributed by atoms with Gasteiger partial charge in [-0.25, -0.2) is 0 Å². The number of rotatable bonds is 4. The lowest BCUT2D eigenvalue weighted by molar-refractivity contribution is 0.456. The Morgan fingerprint density at radius 1 is 1.50 bits per heavy atom. The van der Waals surface area contributed by atoms with E-state index in [2.05, 4.69) is 28.9 Å². The Kier molecular flexibility index (Phi) is 4.45. The van der Waals surface area contributed by atoms with Crippen LogP contribution in [0.3, 0.4) is 0 Å². The summed E-state index contributed by atoms with van der Waals surface area (Å²) >= 11 is 5.36. The van der Waals surface area contributed by atoms with Gasteiger partial charge in [-0.05, 0) is 53.2 Å². The van der Waals surface area contributed by atoms with Gasteiger partial charge in [0.2, 0.25) is 0 Å². The van der Waals surface area contributed by atoms with Gasteiger partial charge in [0.15, 0.2) is 0 Å². The van der Waals surface area contributed by atoms with E-state index in [4.69, 9.17) is 5.73 Å². The molecular formula is C13H20BrNS. The average molecular weight is 302 g/mol. The van der Waals surface area contributed by atoms with Gasteiger partial charge in [-0.2, -0.15) is 0 Å². The van der Waals surface area contributed by atoms with Crippen LogP contribution in [0.15, 0.2) is 9.85 Å². The topological polar surface area (TPSA) is 26.0 Å². The Balaban J connectivity index is 1.84. The molecule has 0 saturated heterocycles. The molecule has 3 heteroatoms. The maximum Gasteiger partial charge on any atom is 0.0731 e. The van der Waals surface area contributed by atoms with E-state index in [-0.39, 0.29) is 6.04 Å². The van der Waals surface area contributed by atoms with Crippen LogP contribution in [-0.4, -0.2) is 0 Å². The predicted molar refractivity (Wildman–Crippen MR) is 74.9 cm³/mol. The van der Waals surface area contributed by atoms with Crippen LogP contribution in [0.1, 0.15) is 55.0 Å². The largest absolute Gasteiger partial charge is 0.323 e. The van der Waals surface area contributed by atoms with Crippen molar-refractivity contribution in [2.75, 3.05) is 0 Å². The molecule has 1 saturated carbocycles. The van der Waals surface area contributed by atoms with Gasteiger partial charge in [-0.15, -0.1) is 11.3 Å². The molecule has 90 valence electrons. The number of thiophene rings is 1. The first-order valence-corrected chi connectivity index (χ1v) is 7.79. The molecule has 2 rings (SSSR count). The van der Waals surface area contributed by atoms with E-state index in [9.17, 15) is 0 Å². The van der Waals surface area contributed by atoms with Gasteiger partial charge in [0.1, 0.15) is 0 Å². The minimum Gasteiger partial charge on any atom is -0.323 e. The fourth-order valence-electron chi connectivity index (χ4n) is 2.52. The molecule has 16 heavy (non-hydrogen) atoms. The summed E-state index contributed by atoms with van der Waals surface area (Å²) in [5, 5.41) is 0. The zero-order valence-corrected chi connectivity index (χ0v) is 12.2. The van der Waals surface area contributed by atoms with E-state index in [1.54, 1.807) is 11.3 Å². The highest BCUT2D eigenvalue weighted by Crippen LogP contribution is 2.35. The molecule has 1 aliphatic carbocycles. The first kappa shape index (κ1) is 12.6. The molecule has 0 amide bonds. The number of halogens is 1. The van der Waals surface area contributed by atoms with Gasteiger partial charge < -0.3 is 5.73 Å². The van der Waals surface area contributed by atoms with Crippen molar-refractivity contribution in [1.29, 1.82) is 0 Å². The highest BCUT2D eigenvalue weighted by molar-refractivity contribution is 9.11. The lowest BCUT2D eigenvalue weighted by Crippen LogP contribution is -2.10. The van der Waals surface area contributed by atoms with Crippen LogP contribution in [0.5, 0.6) is 0 Å². The molecule has 1 nitrogen and oxygen atoms in total. The van der Waals surface area contributed by atoms with E-state index in [0.29, 0.717) is 0 Å². The average Bonchev–Trinajstić information content (AvgIpc) is 2.86. The summed E-state index contributed by atoms with van der Waals surface area (Å²) in [4.78, 5) is 1.34. The minimum atomic E-state index is 0.246.